The molecule has 1 aromatic carbocycles. The molecule has 1 rings (SSSR count). The molecule has 0 saturated heterocycles. The summed E-state index contributed by atoms with van der Waals surface area (Å²) in [6.07, 6.45) is -0.443. The lowest BCUT2D eigenvalue weighted by Crippen LogP contribution is -2.39. The zero-order valence-corrected chi connectivity index (χ0v) is 15.8. The number of benzene rings is 1. The van der Waals surface area contributed by atoms with E-state index in [-0.39, 0.29) is 18.7 Å². The van der Waals surface area contributed by atoms with Gasteiger partial charge < -0.3 is 35.3 Å². The van der Waals surface area contributed by atoms with Gasteiger partial charge in [-0.1, -0.05) is 0 Å². The Balaban J connectivity index is 2.13. The van der Waals surface area contributed by atoms with Crippen LogP contribution < -0.4 is 25.4 Å². The maximum atomic E-state index is 11.0. The summed E-state index contributed by atoms with van der Waals surface area (Å²) in [6.45, 7) is 6.62. The number of nitrogens with one attached hydrogen (secondary N) is 3. The number of aliphatic hydroxyl groups is 1. The minimum atomic E-state index is -0.640. The van der Waals surface area contributed by atoms with Crippen molar-refractivity contribution < 1.29 is 24.1 Å². The Kier molecular flexibility index (Phi) is 11.2. The van der Waals surface area contributed by atoms with Crippen LogP contribution in [0.4, 0.5) is 4.79 Å². The molecule has 0 aliphatic carbocycles. The van der Waals surface area contributed by atoms with Gasteiger partial charge in [-0.15, -0.1) is 0 Å². The molecular formula is C18H31N3O5. The number of rotatable bonds is 13. The lowest BCUT2D eigenvalue weighted by atomic mass is 10.3. The van der Waals surface area contributed by atoms with E-state index in [0.29, 0.717) is 38.6 Å². The number of amides is 2. The Bertz CT molecular complexity index is 496. The van der Waals surface area contributed by atoms with Crippen molar-refractivity contribution in [2.75, 3.05) is 46.5 Å². The van der Waals surface area contributed by atoms with Crippen molar-refractivity contribution in [2.45, 2.75) is 26.1 Å². The highest BCUT2D eigenvalue weighted by Gasteiger charge is 2.05. The first-order chi connectivity index (χ1) is 12.5. The molecule has 2 amide bonds. The highest BCUT2D eigenvalue weighted by Crippen LogP contribution is 2.17. The summed E-state index contributed by atoms with van der Waals surface area (Å²) in [5.74, 6) is 1.41. The Morgan fingerprint density at radius 2 is 1.73 bits per heavy atom. The molecule has 0 fully saturated rings. The SMILES string of the molecule is CNC(=O)NCCNCC(O)COc1ccc(OCCOC(C)C)cc1. The molecule has 8 nitrogen and oxygen atoms in total. The average Bonchev–Trinajstić information content (AvgIpc) is 2.63. The van der Waals surface area contributed by atoms with Crippen LogP contribution in [0, 0.1) is 0 Å². The standard InChI is InChI=1S/C18H31N3O5/c1-14(2)24-10-11-25-16-4-6-17(7-5-16)26-13-15(22)12-20-8-9-21-18(23)19-3/h4-7,14-15,20,22H,8-13H2,1-3H3,(H2,19,21,23). The molecule has 26 heavy (non-hydrogen) atoms. The minimum absolute atomic E-state index is 0.179. The largest absolute Gasteiger partial charge is 0.491 e. The van der Waals surface area contributed by atoms with Crippen LogP contribution in [0.2, 0.25) is 0 Å². The average molecular weight is 369 g/mol. The third-order valence-electron chi connectivity index (χ3n) is 3.26. The van der Waals surface area contributed by atoms with Crippen LogP contribution in [0.1, 0.15) is 13.8 Å². The lowest BCUT2D eigenvalue weighted by Gasteiger charge is -2.14. The first kappa shape index (κ1) is 22.0. The second-order valence-corrected chi connectivity index (χ2v) is 5.91. The van der Waals surface area contributed by atoms with Gasteiger partial charge in [-0.3, -0.25) is 0 Å². The van der Waals surface area contributed by atoms with Crippen molar-refractivity contribution in [3.63, 3.8) is 0 Å². The van der Waals surface area contributed by atoms with E-state index in [1.165, 1.54) is 0 Å². The minimum Gasteiger partial charge on any atom is -0.491 e. The number of carbonyl (C=O) groups excluding carboxylic acids is 1. The predicted molar refractivity (Wildman–Crippen MR) is 99.9 cm³/mol. The number of ether oxygens (including phenoxy) is 3. The normalized spacial score (nSPS) is 11.9. The van der Waals surface area contributed by atoms with E-state index in [9.17, 15) is 9.90 Å². The molecule has 1 aromatic rings. The molecule has 0 aromatic heterocycles. The molecular weight excluding hydrogens is 338 g/mol. The second-order valence-electron chi connectivity index (χ2n) is 5.91. The van der Waals surface area contributed by atoms with Crippen LogP contribution in [-0.2, 0) is 4.74 Å². The van der Waals surface area contributed by atoms with E-state index in [0.717, 1.165) is 5.75 Å². The molecule has 1 atom stereocenters. The first-order valence-corrected chi connectivity index (χ1v) is 8.83. The quantitative estimate of drug-likeness (QED) is 0.383. The maximum Gasteiger partial charge on any atom is 0.314 e. The summed E-state index contributed by atoms with van der Waals surface area (Å²) in [4.78, 5) is 11.0. The van der Waals surface area contributed by atoms with Crippen molar-refractivity contribution in [3.05, 3.63) is 24.3 Å². The third kappa shape index (κ3) is 10.8. The first-order valence-electron chi connectivity index (χ1n) is 8.83. The summed E-state index contributed by atoms with van der Waals surface area (Å²) < 4.78 is 16.5. The van der Waals surface area contributed by atoms with Crippen molar-refractivity contribution in [2.24, 2.45) is 0 Å². The Morgan fingerprint density at radius 1 is 1.08 bits per heavy atom. The van der Waals surface area contributed by atoms with Crippen LogP contribution >= 0.6 is 0 Å². The number of hydrogen-bond acceptors (Lipinski definition) is 6. The highest BCUT2D eigenvalue weighted by atomic mass is 16.5. The molecule has 1 unspecified atom stereocenters. The predicted octanol–water partition coefficient (Wildman–Crippen LogP) is 0.749. The molecule has 0 saturated carbocycles. The lowest BCUT2D eigenvalue weighted by molar-refractivity contribution is 0.0552. The molecule has 0 aliphatic heterocycles. The molecule has 0 radical (unpaired) electrons. The van der Waals surface area contributed by atoms with Gasteiger partial charge in [0.25, 0.3) is 0 Å². The molecule has 0 spiro atoms. The van der Waals surface area contributed by atoms with Gasteiger partial charge in [0.15, 0.2) is 0 Å². The molecule has 0 heterocycles. The van der Waals surface area contributed by atoms with Crippen molar-refractivity contribution in [1.82, 2.24) is 16.0 Å². The number of hydrogen-bond donors (Lipinski definition) is 4. The van der Waals surface area contributed by atoms with Gasteiger partial charge >= 0.3 is 6.03 Å². The van der Waals surface area contributed by atoms with Crippen molar-refractivity contribution >= 4 is 6.03 Å². The van der Waals surface area contributed by atoms with E-state index >= 15 is 0 Å². The molecule has 0 aliphatic rings. The number of urea groups is 1. The molecule has 0 bridgehead atoms. The Morgan fingerprint density at radius 3 is 2.35 bits per heavy atom. The van der Waals surface area contributed by atoms with E-state index in [1.807, 2.05) is 26.0 Å². The number of aliphatic hydroxyl groups excluding tert-OH is 1. The summed E-state index contributed by atoms with van der Waals surface area (Å²) in [5.41, 5.74) is 0. The van der Waals surface area contributed by atoms with Crippen molar-refractivity contribution in [1.29, 1.82) is 0 Å². The van der Waals surface area contributed by atoms with Crippen LogP contribution in [-0.4, -0.2) is 69.8 Å². The van der Waals surface area contributed by atoms with Gasteiger partial charge in [-0.25, -0.2) is 4.79 Å². The topological polar surface area (TPSA) is 101 Å². The maximum absolute atomic E-state index is 11.0. The zero-order chi connectivity index (χ0) is 19.2. The van der Waals surface area contributed by atoms with Gasteiger partial charge in [-0.05, 0) is 38.1 Å². The highest BCUT2D eigenvalue weighted by molar-refractivity contribution is 5.73. The van der Waals surface area contributed by atoms with Gasteiger partial charge in [-0.2, -0.15) is 0 Å². The van der Waals surface area contributed by atoms with E-state index in [1.54, 1.807) is 19.2 Å². The van der Waals surface area contributed by atoms with Crippen LogP contribution in [0.25, 0.3) is 0 Å². The van der Waals surface area contributed by atoms with Crippen LogP contribution in [0.15, 0.2) is 24.3 Å². The molecule has 4 N–H and O–H groups in total. The fourth-order valence-corrected chi connectivity index (χ4v) is 1.95. The molecule has 8 heteroatoms. The van der Waals surface area contributed by atoms with E-state index in [2.05, 4.69) is 16.0 Å². The van der Waals surface area contributed by atoms with Gasteiger partial charge in [0.1, 0.15) is 30.8 Å². The second kappa shape index (κ2) is 13.2. The van der Waals surface area contributed by atoms with Crippen LogP contribution in [0.5, 0.6) is 11.5 Å². The van der Waals surface area contributed by atoms with Gasteiger partial charge in [0.2, 0.25) is 0 Å². The van der Waals surface area contributed by atoms with Gasteiger partial charge in [0.05, 0.1) is 12.7 Å². The van der Waals surface area contributed by atoms with Crippen LogP contribution in [0.3, 0.4) is 0 Å². The fraction of sp³-hybridized carbons (Fsp3) is 0.611. The molecule has 148 valence electrons. The fourth-order valence-electron chi connectivity index (χ4n) is 1.95. The summed E-state index contributed by atoms with van der Waals surface area (Å²) in [6, 6.07) is 7.01. The summed E-state index contributed by atoms with van der Waals surface area (Å²) >= 11 is 0. The Labute approximate surface area is 155 Å². The summed E-state index contributed by atoms with van der Waals surface area (Å²) in [7, 11) is 1.56. The number of carbonyl (C=O) groups is 1. The smallest absolute Gasteiger partial charge is 0.314 e. The monoisotopic (exact) mass is 369 g/mol. The Hall–Kier alpha value is -2.03. The van der Waals surface area contributed by atoms with E-state index in [4.69, 9.17) is 14.2 Å². The zero-order valence-electron chi connectivity index (χ0n) is 15.8. The van der Waals surface area contributed by atoms with Crippen molar-refractivity contribution in [3.8, 4) is 11.5 Å². The summed E-state index contributed by atoms with van der Waals surface area (Å²) in [5, 5.41) is 18.0. The van der Waals surface area contributed by atoms with Gasteiger partial charge in [0, 0.05) is 26.7 Å². The van der Waals surface area contributed by atoms with E-state index < -0.39 is 6.10 Å². The third-order valence-corrected chi connectivity index (χ3v) is 3.26.